The molecule has 0 saturated carbocycles. The number of carbonyl (C=O) groups excluding carboxylic acids is 1. The first-order valence-electron chi connectivity index (χ1n) is 6.43. The molecular weight excluding hydrogens is 322 g/mol. The third-order valence-electron chi connectivity index (χ3n) is 2.98. The summed E-state index contributed by atoms with van der Waals surface area (Å²) in [7, 11) is -2.64. The van der Waals surface area contributed by atoms with Crippen molar-refractivity contribution in [3.63, 3.8) is 0 Å². The smallest absolute Gasteiger partial charge is 0.289 e. The van der Waals surface area contributed by atoms with Crippen molar-refractivity contribution in [2.75, 3.05) is 11.8 Å². The van der Waals surface area contributed by atoms with Crippen LogP contribution < -0.4 is 10.0 Å². The molecule has 2 aromatic carbocycles. The van der Waals surface area contributed by atoms with Crippen molar-refractivity contribution >= 4 is 27.3 Å². The Hall–Kier alpha value is -2.94. The molecule has 8 nitrogen and oxygen atoms in total. The minimum absolute atomic E-state index is 0.191. The van der Waals surface area contributed by atoms with Crippen molar-refractivity contribution in [2.45, 2.75) is 4.90 Å². The van der Waals surface area contributed by atoms with Gasteiger partial charge in [-0.05, 0) is 30.3 Å². The summed E-state index contributed by atoms with van der Waals surface area (Å²) in [5, 5.41) is 13.4. The molecule has 9 heteroatoms. The van der Waals surface area contributed by atoms with Crippen LogP contribution in [0.15, 0.2) is 53.4 Å². The number of benzene rings is 2. The van der Waals surface area contributed by atoms with Crippen LogP contribution in [-0.2, 0) is 10.0 Å². The van der Waals surface area contributed by atoms with Crippen LogP contribution >= 0.6 is 0 Å². The highest BCUT2D eigenvalue weighted by Crippen LogP contribution is 2.25. The number of amides is 1. The Labute approximate surface area is 132 Å². The Morgan fingerprint density at radius 3 is 2.26 bits per heavy atom. The Balaban J connectivity index is 2.32. The van der Waals surface area contributed by atoms with Crippen LogP contribution in [0.5, 0.6) is 0 Å². The predicted molar refractivity (Wildman–Crippen MR) is 83.7 cm³/mol. The van der Waals surface area contributed by atoms with Gasteiger partial charge in [0, 0.05) is 24.4 Å². The van der Waals surface area contributed by atoms with E-state index in [9.17, 15) is 23.3 Å². The van der Waals surface area contributed by atoms with E-state index in [0.29, 0.717) is 5.56 Å². The fourth-order valence-electron chi connectivity index (χ4n) is 1.88. The molecule has 0 bridgehead atoms. The Morgan fingerprint density at radius 1 is 1.09 bits per heavy atom. The number of carbonyl (C=O) groups is 1. The molecule has 0 heterocycles. The Bertz CT molecular complexity index is 847. The van der Waals surface area contributed by atoms with Crippen molar-refractivity contribution in [3.05, 3.63) is 64.2 Å². The second kappa shape index (κ2) is 6.44. The van der Waals surface area contributed by atoms with Crippen molar-refractivity contribution in [1.29, 1.82) is 0 Å². The minimum Gasteiger partial charge on any atom is -0.355 e. The average molecular weight is 335 g/mol. The van der Waals surface area contributed by atoms with Gasteiger partial charge >= 0.3 is 0 Å². The molecule has 0 radical (unpaired) electrons. The molecule has 23 heavy (non-hydrogen) atoms. The predicted octanol–water partition coefficient (Wildman–Crippen LogP) is 1.76. The van der Waals surface area contributed by atoms with Crippen molar-refractivity contribution < 1.29 is 18.1 Å². The average Bonchev–Trinajstić information content (AvgIpc) is 2.54. The maximum Gasteiger partial charge on any atom is 0.289 e. The summed E-state index contributed by atoms with van der Waals surface area (Å²) < 4.78 is 26.9. The number of hydrogen-bond donors (Lipinski definition) is 2. The summed E-state index contributed by atoms with van der Waals surface area (Å²) in [4.78, 5) is 21.2. The molecule has 2 aromatic rings. The van der Waals surface area contributed by atoms with Crippen LogP contribution in [0.3, 0.4) is 0 Å². The molecule has 0 aliphatic rings. The zero-order valence-corrected chi connectivity index (χ0v) is 12.8. The van der Waals surface area contributed by atoms with Gasteiger partial charge in [0.2, 0.25) is 0 Å². The van der Waals surface area contributed by atoms with E-state index in [1.807, 2.05) is 0 Å². The number of hydrogen-bond acceptors (Lipinski definition) is 5. The lowest BCUT2D eigenvalue weighted by Crippen LogP contribution is -2.18. The summed E-state index contributed by atoms with van der Waals surface area (Å²) in [6, 6.07) is 10.7. The first kappa shape index (κ1) is 16.4. The highest BCUT2D eigenvalue weighted by Gasteiger charge is 2.25. The fraction of sp³-hybridized carbons (Fsp3) is 0.0714. The third-order valence-corrected chi connectivity index (χ3v) is 4.41. The van der Waals surface area contributed by atoms with Crippen LogP contribution in [0.4, 0.5) is 11.4 Å². The number of rotatable bonds is 5. The SMILES string of the molecule is CNC(=O)c1ccc(NS(=O)(=O)c2ccccc2[N+](=O)[O-])cc1. The van der Waals surface area contributed by atoms with Gasteiger partial charge in [-0.25, -0.2) is 8.42 Å². The molecule has 0 aliphatic carbocycles. The first-order valence-corrected chi connectivity index (χ1v) is 7.92. The molecule has 120 valence electrons. The number of nitro benzene ring substituents is 1. The van der Waals surface area contributed by atoms with Gasteiger partial charge in [0.05, 0.1) is 4.92 Å². The zero-order chi connectivity index (χ0) is 17.0. The van der Waals surface area contributed by atoms with Crippen molar-refractivity contribution in [2.24, 2.45) is 0 Å². The summed E-state index contributed by atoms with van der Waals surface area (Å²) in [6.07, 6.45) is 0. The molecule has 2 N–H and O–H groups in total. The second-order valence-corrected chi connectivity index (χ2v) is 6.14. The van der Waals surface area contributed by atoms with E-state index in [-0.39, 0.29) is 11.6 Å². The van der Waals surface area contributed by atoms with Crippen LogP contribution in [0.25, 0.3) is 0 Å². The molecule has 0 atom stereocenters. The van der Waals surface area contributed by atoms with E-state index in [1.165, 1.54) is 43.4 Å². The molecule has 2 rings (SSSR count). The number of anilines is 1. The van der Waals surface area contributed by atoms with E-state index in [0.717, 1.165) is 12.1 Å². The van der Waals surface area contributed by atoms with E-state index in [4.69, 9.17) is 0 Å². The molecular formula is C14H13N3O5S. The van der Waals surface area contributed by atoms with Gasteiger partial charge < -0.3 is 5.32 Å². The third kappa shape index (κ3) is 3.64. The summed E-state index contributed by atoms with van der Waals surface area (Å²) >= 11 is 0. The van der Waals surface area contributed by atoms with Crippen LogP contribution in [0.1, 0.15) is 10.4 Å². The highest BCUT2D eigenvalue weighted by molar-refractivity contribution is 7.92. The standard InChI is InChI=1S/C14H13N3O5S/c1-15-14(18)10-6-8-11(9-7-10)16-23(21,22)13-5-3-2-4-12(13)17(19)20/h2-9,16H,1H3,(H,15,18). The van der Waals surface area contributed by atoms with E-state index in [2.05, 4.69) is 10.0 Å². The molecule has 0 aromatic heterocycles. The summed E-state index contributed by atoms with van der Waals surface area (Å²) in [5.41, 5.74) is 0.0407. The lowest BCUT2D eigenvalue weighted by molar-refractivity contribution is -0.387. The van der Waals surface area contributed by atoms with Gasteiger partial charge in [-0.2, -0.15) is 0 Å². The topological polar surface area (TPSA) is 118 Å². The quantitative estimate of drug-likeness (QED) is 0.637. The maximum absolute atomic E-state index is 12.3. The van der Waals surface area contributed by atoms with Crippen LogP contribution in [-0.4, -0.2) is 26.3 Å². The largest absolute Gasteiger partial charge is 0.355 e. The van der Waals surface area contributed by atoms with Gasteiger partial charge in [0.15, 0.2) is 4.90 Å². The zero-order valence-electron chi connectivity index (χ0n) is 12.0. The van der Waals surface area contributed by atoms with Gasteiger partial charge in [0.1, 0.15) is 0 Å². The molecule has 1 amide bonds. The normalized spacial score (nSPS) is 10.8. The van der Waals surface area contributed by atoms with Gasteiger partial charge in [-0.3, -0.25) is 19.6 Å². The number of sulfonamides is 1. The summed E-state index contributed by atoms with van der Waals surface area (Å²) in [6.45, 7) is 0. The lowest BCUT2D eigenvalue weighted by atomic mass is 10.2. The van der Waals surface area contributed by atoms with E-state index >= 15 is 0 Å². The van der Waals surface area contributed by atoms with Crippen LogP contribution in [0, 0.1) is 10.1 Å². The Morgan fingerprint density at radius 2 is 1.70 bits per heavy atom. The monoisotopic (exact) mass is 335 g/mol. The molecule has 0 saturated heterocycles. The highest BCUT2D eigenvalue weighted by atomic mass is 32.2. The van der Waals surface area contributed by atoms with Crippen LogP contribution in [0.2, 0.25) is 0 Å². The Kier molecular flexibility index (Phi) is 4.60. The first-order chi connectivity index (χ1) is 10.8. The number of nitrogens with one attached hydrogen (secondary N) is 2. The van der Waals surface area contributed by atoms with E-state index < -0.39 is 25.5 Å². The summed E-state index contributed by atoms with van der Waals surface area (Å²) in [5.74, 6) is -0.307. The lowest BCUT2D eigenvalue weighted by Gasteiger charge is -2.09. The van der Waals surface area contributed by atoms with Gasteiger partial charge in [-0.1, -0.05) is 12.1 Å². The van der Waals surface area contributed by atoms with Gasteiger partial charge in [0.25, 0.3) is 21.6 Å². The second-order valence-electron chi connectivity index (χ2n) is 4.49. The molecule has 0 aliphatic heterocycles. The van der Waals surface area contributed by atoms with Crippen molar-refractivity contribution in [3.8, 4) is 0 Å². The number of para-hydroxylation sites is 1. The molecule has 0 fully saturated rings. The molecule has 0 unspecified atom stereocenters. The van der Waals surface area contributed by atoms with Gasteiger partial charge in [-0.15, -0.1) is 0 Å². The molecule has 0 spiro atoms. The fourth-order valence-corrected chi connectivity index (χ4v) is 3.11. The van der Waals surface area contributed by atoms with Crippen molar-refractivity contribution in [1.82, 2.24) is 5.32 Å². The van der Waals surface area contributed by atoms with E-state index in [1.54, 1.807) is 0 Å². The minimum atomic E-state index is -4.12. The number of nitrogens with zero attached hydrogens (tertiary/aromatic N) is 1. The maximum atomic E-state index is 12.3. The number of nitro groups is 1.